The fourth-order valence-electron chi connectivity index (χ4n) is 3.13. The molecule has 4 aromatic rings. The number of hydrogen-bond acceptors (Lipinski definition) is 7. The molecule has 0 aliphatic heterocycles. The van der Waals surface area contributed by atoms with Gasteiger partial charge in [-0.25, -0.2) is 13.1 Å². The zero-order valence-electron chi connectivity index (χ0n) is 19.1. The van der Waals surface area contributed by atoms with Gasteiger partial charge in [-0.2, -0.15) is 0 Å². The topological polar surface area (TPSA) is 124 Å². The molecular weight excluding hydrogens is 506 g/mol. The van der Waals surface area contributed by atoms with E-state index in [1.165, 1.54) is 16.8 Å². The number of rotatable bonds is 10. The monoisotopic (exact) mass is 527 g/mol. The van der Waals surface area contributed by atoms with Crippen molar-refractivity contribution in [3.63, 3.8) is 0 Å². The van der Waals surface area contributed by atoms with Crippen molar-refractivity contribution >= 4 is 38.9 Å². The SMILES string of the molecule is CS(=O)(=O)Nc1ccc(NC(=O)Cn2cc(COc3ccccc3Cl)nn2)cc1Oc1ccccc1. The number of carbonyl (C=O) groups is 1. The molecule has 0 spiro atoms. The Kier molecular flexibility index (Phi) is 7.71. The second kappa shape index (κ2) is 11.1. The summed E-state index contributed by atoms with van der Waals surface area (Å²) in [7, 11) is -3.54. The summed E-state index contributed by atoms with van der Waals surface area (Å²) in [5, 5.41) is 11.2. The average molecular weight is 528 g/mol. The van der Waals surface area contributed by atoms with Crippen molar-refractivity contribution in [3.05, 3.63) is 89.7 Å². The summed E-state index contributed by atoms with van der Waals surface area (Å²) < 4.78 is 38.8. The van der Waals surface area contributed by atoms with Crippen LogP contribution < -0.4 is 19.5 Å². The molecule has 2 N–H and O–H groups in total. The fourth-order valence-corrected chi connectivity index (χ4v) is 3.89. The van der Waals surface area contributed by atoms with Crippen LogP contribution in [0.3, 0.4) is 0 Å². The minimum atomic E-state index is -3.54. The minimum Gasteiger partial charge on any atom is -0.486 e. The van der Waals surface area contributed by atoms with Crippen LogP contribution >= 0.6 is 11.6 Å². The largest absolute Gasteiger partial charge is 0.486 e. The molecule has 0 atom stereocenters. The van der Waals surface area contributed by atoms with E-state index in [9.17, 15) is 13.2 Å². The number of nitrogens with one attached hydrogen (secondary N) is 2. The summed E-state index contributed by atoms with van der Waals surface area (Å²) in [6.45, 7) is 0.0393. The standard InChI is InChI=1S/C24H22ClN5O5S/c1-36(32,33)28-21-12-11-17(13-23(21)35-19-7-3-2-4-8-19)26-24(31)15-30-14-18(27-29-30)16-34-22-10-6-5-9-20(22)25/h2-14,28H,15-16H2,1H3,(H,26,31). The van der Waals surface area contributed by atoms with Crippen molar-refractivity contribution in [1.82, 2.24) is 15.0 Å². The van der Waals surface area contributed by atoms with E-state index in [2.05, 4.69) is 20.4 Å². The molecular formula is C24H22ClN5O5S. The Balaban J connectivity index is 1.41. The lowest BCUT2D eigenvalue weighted by Gasteiger charge is -2.14. The predicted octanol–water partition coefficient (Wildman–Crippen LogP) is 4.31. The maximum absolute atomic E-state index is 12.6. The Morgan fingerprint density at radius 2 is 1.78 bits per heavy atom. The zero-order valence-corrected chi connectivity index (χ0v) is 20.7. The minimum absolute atomic E-state index is 0.0999. The van der Waals surface area contributed by atoms with Crippen LogP contribution in [0.2, 0.25) is 5.02 Å². The molecule has 0 saturated carbocycles. The molecule has 0 fully saturated rings. The summed E-state index contributed by atoms with van der Waals surface area (Å²) in [6.07, 6.45) is 2.64. The van der Waals surface area contributed by atoms with Gasteiger partial charge < -0.3 is 14.8 Å². The Labute approximate surface area is 212 Å². The molecule has 4 rings (SSSR count). The van der Waals surface area contributed by atoms with E-state index in [1.807, 2.05) is 12.1 Å². The van der Waals surface area contributed by atoms with Gasteiger partial charge in [0.1, 0.15) is 30.3 Å². The van der Waals surface area contributed by atoms with Gasteiger partial charge in [0.25, 0.3) is 0 Å². The van der Waals surface area contributed by atoms with Crippen LogP contribution in [0.15, 0.2) is 79.0 Å². The summed E-state index contributed by atoms with van der Waals surface area (Å²) >= 11 is 6.08. The smallest absolute Gasteiger partial charge is 0.246 e. The van der Waals surface area contributed by atoms with E-state index in [0.29, 0.717) is 27.9 Å². The molecule has 0 bridgehead atoms. The number of halogens is 1. The van der Waals surface area contributed by atoms with E-state index in [4.69, 9.17) is 21.1 Å². The lowest BCUT2D eigenvalue weighted by atomic mass is 10.2. The quantitative estimate of drug-likeness (QED) is 0.315. The second-order valence-electron chi connectivity index (χ2n) is 7.68. The van der Waals surface area contributed by atoms with E-state index >= 15 is 0 Å². The third kappa shape index (κ3) is 7.20. The molecule has 12 heteroatoms. The van der Waals surface area contributed by atoms with E-state index in [-0.39, 0.29) is 30.5 Å². The average Bonchev–Trinajstić information content (AvgIpc) is 3.27. The number of sulfonamides is 1. The molecule has 186 valence electrons. The van der Waals surface area contributed by atoms with Crippen molar-refractivity contribution in [2.45, 2.75) is 13.2 Å². The maximum Gasteiger partial charge on any atom is 0.246 e. The van der Waals surface area contributed by atoms with E-state index < -0.39 is 10.0 Å². The number of hydrogen-bond donors (Lipinski definition) is 2. The first-order valence-corrected chi connectivity index (χ1v) is 12.9. The summed E-state index contributed by atoms with van der Waals surface area (Å²) in [6, 6.07) is 20.5. The molecule has 36 heavy (non-hydrogen) atoms. The Hall–Kier alpha value is -4.09. The van der Waals surface area contributed by atoms with Gasteiger partial charge in [0.2, 0.25) is 15.9 Å². The van der Waals surface area contributed by atoms with Gasteiger partial charge in [-0.15, -0.1) is 5.10 Å². The lowest BCUT2D eigenvalue weighted by Crippen LogP contribution is -2.19. The summed E-state index contributed by atoms with van der Waals surface area (Å²) in [4.78, 5) is 12.6. The molecule has 0 unspecified atom stereocenters. The zero-order chi connectivity index (χ0) is 25.5. The van der Waals surface area contributed by atoms with Gasteiger partial charge in [0.15, 0.2) is 5.75 Å². The van der Waals surface area contributed by atoms with Gasteiger partial charge in [0, 0.05) is 11.8 Å². The highest BCUT2D eigenvalue weighted by atomic mass is 35.5. The van der Waals surface area contributed by atoms with Crippen LogP contribution in [-0.2, 0) is 28.0 Å². The molecule has 0 aliphatic rings. The molecule has 0 radical (unpaired) electrons. The van der Waals surface area contributed by atoms with Gasteiger partial charge in [0.05, 0.1) is 23.2 Å². The van der Waals surface area contributed by atoms with Crippen LogP contribution in [-0.4, -0.2) is 35.6 Å². The number of anilines is 2. The number of para-hydroxylation sites is 2. The molecule has 0 saturated heterocycles. The number of carbonyl (C=O) groups excluding carboxylic acids is 1. The Morgan fingerprint density at radius 3 is 2.53 bits per heavy atom. The highest BCUT2D eigenvalue weighted by Gasteiger charge is 2.13. The van der Waals surface area contributed by atoms with Gasteiger partial charge in [-0.05, 0) is 36.4 Å². The predicted molar refractivity (Wildman–Crippen MR) is 136 cm³/mol. The van der Waals surface area contributed by atoms with Crippen LogP contribution in [0, 0.1) is 0 Å². The second-order valence-corrected chi connectivity index (χ2v) is 9.83. The van der Waals surface area contributed by atoms with Crippen LogP contribution in [0.1, 0.15) is 5.69 Å². The normalized spacial score (nSPS) is 11.1. The van der Waals surface area contributed by atoms with Crippen molar-refractivity contribution in [1.29, 1.82) is 0 Å². The number of ether oxygens (including phenoxy) is 2. The summed E-state index contributed by atoms with van der Waals surface area (Å²) in [5.41, 5.74) is 1.17. The molecule has 0 aliphatic carbocycles. The highest BCUT2D eigenvalue weighted by molar-refractivity contribution is 7.92. The molecule has 1 aromatic heterocycles. The molecule has 1 amide bonds. The highest BCUT2D eigenvalue weighted by Crippen LogP contribution is 2.33. The van der Waals surface area contributed by atoms with Gasteiger partial charge in [-0.1, -0.05) is 47.1 Å². The number of nitrogens with zero attached hydrogens (tertiary/aromatic N) is 3. The van der Waals surface area contributed by atoms with Gasteiger partial charge >= 0.3 is 0 Å². The van der Waals surface area contributed by atoms with Crippen LogP contribution in [0.25, 0.3) is 0 Å². The maximum atomic E-state index is 12.6. The van der Waals surface area contributed by atoms with Crippen LogP contribution in [0.4, 0.5) is 11.4 Å². The van der Waals surface area contributed by atoms with Gasteiger partial charge in [-0.3, -0.25) is 9.52 Å². The lowest BCUT2D eigenvalue weighted by molar-refractivity contribution is -0.116. The van der Waals surface area contributed by atoms with Crippen molar-refractivity contribution in [3.8, 4) is 17.2 Å². The molecule has 10 nitrogen and oxygen atoms in total. The first kappa shape index (κ1) is 25.0. The first-order chi connectivity index (χ1) is 17.2. The Morgan fingerprint density at radius 1 is 1.03 bits per heavy atom. The third-order valence-corrected chi connectivity index (χ3v) is 5.54. The Bertz CT molecular complexity index is 1460. The van der Waals surface area contributed by atoms with E-state index in [1.54, 1.807) is 54.7 Å². The number of amides is 1. The van der Waals surface area contributed by atoms with Crippen LogP contribution in [0.5, 0.6) is 17.2 Å². The van der Waals surface area contributed by atoms with Crippen molar-refractivity contribution in [2.24, 2.45) is 0 Å². The van der Waals surface area contributed by atoms with Crippen molar-refractivity contribution < 1.29 is 22.7 Å². The third-order valence-electron chi connectivity index (χ3n) is 4.64. The number of aromatic nitrogens is 3. The molecule has 1 heterocycles. The van der Waals surface area contributed by atoms with Crippen molar-refractivity contribution in [2.75, 3.05) is 16.3 Å². The fraction of sp³-hybridized carbons (Fsp3) is 0.125. The number of benzene rings is 3. The molecule has 3 aromatic carbocycles. The van der Waals surface area contributed by atoms with E-state index in [0.717, 1.165) is 6.26 Å². The first-order valence-electron chi connectivity index (χ1n) is 10.7. The summed E-state index contributed by atoms with van der Waals surface area (Å²) in [5.74, 6) is 0.887.